The number of hydrogen-bond donors (Lipinski definition) is 3. The Morgan fingerprint density at radius 1 is 0.921 bits per heavy atom. The van der Waals surface area contributed by atoms with E-state index in [1.54, 1.807) is 7.05 Å². The zero-order chi connectivity index (χ0) is 26.3. The Hall–Kier alpha value is -4.06. The molecule has 0 saturated carbocycles. The standard InChI is InChI=1S/C32H36N4O2/c1-33-30(37)17-15-25-22-34-28-16-14-23(20-27(25)28)21-31(38)35-32(24-10-4-2-5-11-24)26-12-6-7-13-29(26)36-18-8-3-9-19-36/h2,4-7,10-14,16,20,22,32,34H,3,8-9,15,17-19,21H2,1H3,(H,33,37)(H,35,38). The Morgan fingerprint density at radius 2 is 1.68 bits per heavy atom. The number of fused-ring (bicyclic) bond motifs is 1. The molecule has 3 N–H and O–H groups in total. The van der Waals surface area contributed by atoms with Gasteiger partial charge in [0.25, 0.3) is 0 Å². The van der Waals surface area contributed by atoms with Crippen LogP contribution in [0.15, 0.2) is 79.0 Å². The lowest BCUT2D eigenvalue weighted by molar-refractivity contribution is -0.121. The molecule has 1 atom stereocenters. The minimum Gasteiger partial charge on any atom is -0.371 e. The first-order chi connectivity index (χ1) is 18.6. The molecule has 1 unspecified atom stereocenters. The number of nitrogens with one attached hydrogen (secondary N) is 3. The molecule has 6 heteroatoms. The summed E-state index contributed by atoms with van der Waals surface area (Å²) < 4.78 is 0. The Bertz CT molecular complexity index is 1390. The van der Waals surface area contributed by atoms with E-state index in [4.69, 9.17) is 0 Å². The second-order valence-electron chi connectivity index (χ2n) is 10.1. The van der Waals surface area contributed by atoms with Crippen LogP contribution >= 0.6 is 0 Å². The van der Waals surface area contributed by atoms with E-state index < -0.39 is 0 Å². The van der Waals surface area contributed by atoms with Gasteiger partial charge in [0.2, 0.25) is 11.8 Å². The van der Waals surface area contributed by atoms with Crippen LogP contribution in [0, 0.1) is 0 Å². The van der Waals surface area contributed by atoms with E-state index in [0.29, 0.717) is 12.8 Å². The van der Waals surface area contributed by atoms with Gasteiger partial charge in [-0.05, 0) is 60.6 Å². The second-order valence-corrected chi connectivity index (χ2v) is 10.1. The van der Waals surface area contributed by atoms with E-state index in [2.05, 4.69) is 63.0 Å². The van der Waals surface area contributed by atoms with Crippen molar-refractivity contribution in [1.82, 2.24) is 15.6 Å². The highest BCUT2D eigenvalue weighted by atomic mass is 16.2. The highest BCUT2D eigenvalue weighted by Gasteiger charge is 2.23. The number of piperidine rings is 1. The van der Waals surface area contributed by atoms with Crippen molar-refractivity contribution in [2.45, 2.75) is 44.6 Å². The minimum absolute atomic E-state index is 0.0194. The smallest absolute Gasteiger partial charge is 0.225 e. The summed E-state index contributed by atoms with van der Waals surface area (Å²) in [5, 5.41) is 7.10. The molecule has 0 radical (unpaired) electrons. The molecule has 1 saturated heterocycles. The lowest BCUT2D eigenvalue weighted by atomic mass is 9.95. The molecule has 0 bridgehead atoms. The summed E-state index contributed by atoms with van der Waals surface area (Å²) in [4.78, 5) is 31.0. The van der Waals surface area contributed by atoms with Gasteiger partial charge in [-0.3, -0.25) is 9.59 Å². The van der Waals surface area contributed by atoms with Crippen LogP contribution in [0.3, 0.4) is 0 Å². The van der Waals surface area contributed by atoms with E-state index in [1.165, 1.54) is 24.9 Å². The summed E-state index contributed by atoms with van der Waals surface area (Å²) in [5.41, 5.74) is 6.46. The van der Waals surface area contributed by atoms with Crippen molar-refractivity contribution >= 4 is 28.4 Å². The van der Waals surface area contributed by atoms with Gasteiger partial charge in [0.15, 0.2) is 0 Å². The number of hydrogen-bond acceptors (Lipinski definition) is 3. The predicted octanol–water partition coefficient (Wildman–Crippen LogP) is 5.29. The van der Waals surface area contributed by atoms with Crippen LogP contribution in [0.2, 0.25) is 0 Å². The normalized spacial score (nSPS) is 14.3. The van der Waals surface area contributed by atoms with Gasteiger partial charge in [0.05, 0.1) is 12.5 Å². The Morgan fingerprint density at radius 3 is 2.47 bits per heavy atom. The molecule has 0 spiro atoms. The van der Waals surface area contributed by atoms with Crippen molar-refractivity contribution in [2.75, 3.05) is 25.0 Å². The lowest BCUT2D eigenvalue weighted by Gasteiger charge is -2.33. The van der Waals surface area contributed by atoms with Crippen molar-refractivity contribution in [2.24, 2.45) is 0 Å². The van der Waals surface area contributed by atoms with Crippen LogP contribution < -0.4 is 15.5 Å². The fourth-order valence-corrected chi connectivity index (χ4v) is 5.45. The van der Waals surface area contributed by atoms with Crippen molar-refractivity contribution in [1.29, 1.82) is 0 Å². The summed E-state index contributed by atoms with van der Waals surface area (Å²) in [6.07, 6.45) is 7.00. The first-order valence-electron chi connectivity index (χ1n) is 13.6. The zero-order valence-electron chi connectivity index (χ0n) is 22.0. The van der Waals surface area contributed by atoms with Gasteiger partial charge in [0.1, 0.15) is 0 Å². The van der Waals surface area contributed by atoms with Gasteiger partial charge < -0.3 is 20.5 Å². The number of H-pyrrole nitrogens is 1. The number of anilines is 1. The molecular weight excluding hydrogens is 472 g/mol. The minimum atomic E-state index is -0.235. The first-order valence-corrected chi connectivity index (χ1v) is 13.6. The number of aromatic amines is 1. The Kier molecular flexibility index (Phi) is 8.07. The highest BCUT2D eigenvalue weighted by Crippen LogP contribution is 2.32. The Labute approximate surface area is 224 Å². The third-order valence-corrected chi connectivity index (χ3v) is 7.48. The molecule has 3 aromatic carbocycles. The van der Waals surface area contributed by atoms with Gasteiger partial charge in [-0.1, -0.05) is 54.6 Å². The summed E-state index contributed by atoms with van der Waals surface area (Å²) in [6.45, 7) is 2.09. The summed E-state index contributed by atoms with van der Waals surface area (Å²) in [6, 6.07) is 24.6. The van der Waals surface area contributed by atoms with Crippen molar-refractivity contribution in [3.05, 3.63) is 101 Å². The molecule has 196 valence electrons. The van der Waals surface area contributed by atoms with Crippen LogP contribution in [0.4, 0.5) is 5.69 Å². The van der Waals surface area contributed by atoms with Crippen molar-refractivity contribution < 1.29 is 9.59 Å². The fourth-order valence-electron chi connectivity index (χ4n) is 5.45. The monoisotopic (exact) mass is 508 g/mol. The van der Waals surface area contributed by atoms with E-state index in [-0.39, 0.29) is 24.3 Å². The van der Waals surface area contributed by atoms with Gasteiger partial charge in [0, 0.05) is 54.9 Å². The molecule has 2 amide bonds. The number of rotatable bonds is 9. The molecule has 6 nitrogen and oxygen atoms in total. The van der Waals surface area contributed by atoms with Crippen LogP contribution in [0.1, 0.15) is 54.0 Å². The maximum atomic E-state index is 13.5. The molecule has 1 aliphatic rings. The number of benzene rings is 3. The summed E-state index contributed by atoms with van der Waals surface area (Å²) in [7, 11) is 1.65. The van der Waals surface area contributed by atoms with Crippen molar-refractivity contribution in [3.63, 3.8) is 0 Å². The summed E-state index contributed by atoms with van der Waals surface area (Å²) in [5.74, 6) is 0.000711. The van der Waals surface area contributed by atoms with Crippen LogP contribution in [0.25, 0.3) is 10.9 Å². The maximum Gasteiger partial charge on any atom is 0.225 e. The number of para-hydroxylation sites is 1. The third kappa shape index (κ3) is 5.91. The molecule has 1 aliphatic heterocycles. The van der Waals surface area contributed by atoms with Crippen molar-refractivity contribution in [3.8, 4) is 0 Å². The average Bonchev–Trinajstić information content (AvgIpc) is 3.37. The van der Waals surface area contributed by atoms with Gasteiger partial charge in [-0.25, -0.2) is 0 Å². The third-order valence-electron chi connectivity index (χ3n) is 7.48. The Balaban J connectivity index is 1.38. The van der Waals surface area contributed by atoms with Gasteiger partial charge in [-0.2, -0.15) is 0 Å². The fraction of sp³-hybridized carbons (Fsp3) is 0.312. The van der Waals surface area contributed by atoms with E-state index in [0.717, 1.165) is 46.2 Å². The first kappa shape index (κ1) is 25.6. The van der Waals surface area contributed by atoms with Crippen LogP contribution in [0.5, 0.6) is 0 Å². The maximum absolute atomic E-state index is 13.5. The second kappa shape index (κ2) is 12.0. The quantitative estimate of drug-likeness (QED) is 0.288. The number of aryl methyl sites for hydroxylation is 1. The molecule has 2 heterocycles. The molecular formula is C32H36N4O2. The van der Waals surface area contributed by atoms with E-state index >= 15 is 0 Å². The van der Waals surface area contributed by atoms with Crippen LogP contribution in [-0.2, 0) is 22.4 Å². The zero-order valence-corrected chi connectivity index (χ0v) is 22.0. The molecule has 1 fully saturated rings. The van der Waals surface area contributed by atoms with E-state index in [9.17, 15) is 9.59 Å². The SMILES string of the molecule is CNC(=O)CCc1c[nH]c2ccc(CC(=O)NC(c3ccccc3)c3ccccc3N3CCCCC3)cc12. The molecule has 0 aliphatic carbocycles. The van der Waals surface area contributed by atoms with Gasteiger partial charge in [-0.15, -0.1) is 0 Å². The van der Waals surface area contributed by atoms with Crippen LogP contribution in [-0.4, -0.2) is 36.9 Å². The topological polar surface area (TPSA) is 77.2 Å². The summed E-state index contributed by atoms with van der Waals surface area (Å²) >= 11 is 0. The van der Waals surface area contributed by atoms with Gasteiger partial charge >= 0.3 is 0 Å². The molecule has 4 aromatic rings. The molecule has 38 heavy (non-hydrogen) atoms. The highest BCUT2D eigenvalue weighted by molar-refractivity contribution is 5.87. The molecule has 5 rings (SSSR count). The lowest BCUT2D eigenvalue weighted by Crippen LogP contribution is -2.34. The molecule has 1 aromatic heterocycles. The predicted molar refractivity (Wildman–Crippen MR) is 153 cm³/mol. The van der Waals surface area contributed by atoms with E-state index in [1.807, 2.05) is 36.5 Å². The average molecular weight is 509 g/mol. The number of amides is 2. The number of carbonyl (C=O) groups is 2. The number of nitrogens with zero attached hydrogens (tertiary/aromatic N) is 1. The number of aromatic nitrogens is 1. The number of carbonyl (C=O) groups excluding carboxylic acids is 2. The largest absolute Gasteiger partial charge is 0.371 e.